The molecule has 0 aromatic heterocycles. The molecule has 1 amide bonds. The number of amides is 1. The quantitative estimate of drug-likeness (QED) is 0.557. The lowest BCUT2D eigenvalue weighted by Gasteiger charge is -2.37. The number of esters is 1. The number of rotatable bonds is 6. The highest BCUT2D eigenvalue weighted by Crippen LogP contribution is 2.40. The smallest absolute Gasteiger partial charge is 0.314 e. The van der Waals surface area contributed by atoms with Gasteiger partial charge in [-0.05, 0) is 29.3 Å². The van der Waals surface area contributed by atoms with Crippen LogP contribution < -0.4 is 5.32 Å². The minimum absolute atomic E-state index is 0.0315. The van der Waals surface area contributed by atoms with E-state index in [0.29, 0.717) is 0 Å². The van der Waals surface area contributed by atoms with E-state index >= 15 is 0 Å². The molecule has 2 heterocycles. The first-order valence-corrected chi connectivity index (χ1v) is 9.72. The Morgan fingerprint density at radius 2 is 1.90 bits per heavy atom. The fourth-order valence-electron chi connectivity index (χ4n) is 3.29. The summed E-state index contributed by atoms with van der Waals surface area (Å²) in [6.07, 6.45) is 12.0. The monoisotopic (exact) mass is 425 g/mol. The van der Waals surface area contributed by atoms with Gasteiger partial charge in [-0.1, -0.05) is 36.4 Å². The number of carbonyl (C=O) groups is 2. The van der Waals surface area contributed by atoms with Crippen LogP contribution >= 0.6 is 0 Å². The third-order valence-electron chi connectivity index (χ3n) is 4.95. The van der Waals surface area contributed by atoms with Crippen molar-refractivity contribution in [2.45, 2.75) is 25.0 Å². The molecule has 0 radical (unpaired) electrons. The van der Waals surface area contributed by atoms with Crippen LogP contribution in [-0.2, 0) is 35.4 Å². The lowest BCUT2D eigenvalue weighted by atomic mass is 9.81. The Labute approximate surface area is 178 Å². The Morgan fingerprint density at radius 1 is 1.10 bits per heavy atom. The van der Waals surface area contributed by atoms with E-state index in [-0.39, 0.29) is 43.7 Å². The topological polar surface area (TPSA) is 83.1 Å². The minimum Gasteiger partial charge on any atom is -0.461 e. The van der Waals surface area contributed by atoms with Crippen molar-refractivity contribution in [3.05, 3.63) is 95.5 Å². The van der Waals surface area contributed by atoms with Gasteiger partial charge >= 0.3 is 5.97 Å². The number of ether oxygens (including phenoxy) is 2. The molecule has 1 aromatic rings. The van der Waals surface area contributed by atoms with Crippen molar-refractivity contribution in [3.63, 3.8) is 0 Å². The van der Waals surface area contributed by atoms with E-state index in [1.54, 1.807) is 24.3 Å². The van der Waals surface area contributed by atoms with Crippen LogP contribution in [0.4, 0.5) is 4.39 Å². The molecule has 1 aromatic carbocycles. The summed E-state index contributed by atoms with van der Waals surface area (Å²) in [6, 6.07) is 5.80. The van der Waals surface area contributed by atoms with Crippen molar-refractivity contribution in [2.24, 2.45) is 0 Å². The maximum atomic E-state index is 12.9. The lowest BCUT2D eigenvalue weighted by Crippen LogP contribution is -2.44. The SMILES string of the molecule is O=C(CCC(=O)OC1=CC2=CC=CC3=CC=COOC32CO1)NCc1ccc(F)cc1. The van der Waals surface area contributed by atoms with Crippen LogP contribution in [0.2, 0.25) is 0 Å². The van der Waals surface area contributed by atoms with Gasteiger partial charge in [0.2, 0.25) is 5.91 Å². The third kappa shape index (κ3) is 4.75. The molecule has 0 bridgehead atoms. The first kappa shape index (κ1) is 20.6. The molecule has 4 rings (SSSR count). The Balaban J connectivity index is 1.28. The summed E-state index contributed by atoms with van der Waals surface area (Å²) in [6.45, 7) is 0.312. The first-order valence-electron chi connectivity index (χ1n) is 9.72. The number of hydrogen-bond acceptors (Lipinski definition) is 6. The van der Waals surface area contributed by atoms with E-state index in [0.717, 1.165) is 16.7 Å². The molecular formula is C23H20FNO6. The molecule has 2 aliphatic heterocycles. The van der Waals surface area contributed by atoms with Crippen molar-refractivity contribution < 1.29 is 33.2 Å². The van der Waals surface area contributed by atoms with E-state index in [9.17, 15) is 14.0 Å². The Morgan fingerprint density at radius 3 is 2.74 bits per heavy atom. The zero-order valence-electron chi connectivity index (χ0n) is 16.5. The Bertz CT molecular complexity index is 1020. The average molecular weight is 425 g/mol. The van der Waals surface area contributed by atoms with Crippen LogP contribution in [0.1, 0.15) is 18.4 Å². The second-order valence-electron chi connectivity index (χ2n) is 7.07. The largest absolute Gasteiger partial charge is 0.461 e. The molecule has 0 fully saturated rings. The van der Waals surface area contributed by atoms with Gasteiger partial charge in [0, 0.05) is 24.6 Å². The number of hydrogen-bond donors (Lipinski definition) is 1. The molecule has 7 nitrogen and oxygen atoms in total. The van der Waals surface area contributed by atoms with Crippen LogP contribution in [0.3, 0.4) is 0 Å². The predicted molar refractivity (Wildman–Crippen MR) is 107 cm³/mol. The highest BCUT2D eigenvalue weighted by atomic mass is 19.1. The average Bonchev–Trinajstić information content (AvgIpc) is 2.99. The van der Waals surface area contributed by atoms with E-state index in [1.807, 2.05) is 24.3 Å². The third-order valence-corrected chi connectivity index (χ3v) is 4.95. The number of allylic oxidation sites excluding steroid dienone is 4. The maximum absolute atomic E-state index is 12.9. The first-order chi connectivity index (χ1) is 15.0. The van der Waals surface area contributed by atoms with Crippen molar-refractivity contribution in [1.82, 2.24) is 5.32 Å². The standard InChI is InChI=1S/C23H20FNO6/c24-19-8-6-16(7-9-19)14-25-20(26)10-11-21(27)30-22-13-18-4-1-3-17-5-2-12-29-31-23(17,18)15-28-22/h1-9,12-13H,10-11,14-15H2,(H,25,26). The van der Waals surface area contributed by atoms with Crippen molar-refractivity contribution in [2.75, 3.05) is 6.61 Å². The van der Waals surface area contributed by atoms with E-state index in [2.05, 4.69) is 5.32 Å². The highest BCUT2D eigenvalue weighted by Gasteiger charge is 2.45. The molecule has 3 aliphatic rings. The van der Waals surface area contributed by atoms with Crippen LogP contribution in [0.15, 0.2) is 84.1 Å². The summed E-state index contributed by atoms with van der Waals surface area (Å²) in [5.74, 6) is -1.22. The Kier molecular flexibility index (Phi) is 5.99. The van der Waals surface area contributed by atoms with Crippen molar-refractivity contribution in [1.29, 1.82) is 0 Å². The molecule has 8 heteroatoms. The summed E-state index contributed by atoms with van der Waals surface area (Å²) >= 11 is 0. The fourth-order valence-corrected chi connectivity index (χ4v) is 3.29. The van der Waals surface area contributed by atoms with Crippen LogP contribution in [0.25, 0.3) is 0 Å². The molecule has 0 saturated heterocycles. The number of carbonyl (C=O) groups excluding carboxylic acids is 2. The zero-order valence-corrected chi connectivity index (χ0v) is 16.5. The molecule has 31 heavy (non-hydrogen) atoms. The van der Waals surface area contributed by atoms with Crippen molar-refractivity contribution >= 4 is 11.9 Å². The van der Waals surface area contributed by atoms with E-state index in [1.165, 1.54) is 18.4 Å². The predicted octanol–water partition coefficient (Wildman–Crippen LogP) is 3.27. The maximum Gasteiger partial charge on any atom is 0.314 e. The van der Waals surface area contributed by atoms with Crippen LogP contribution in [0, 0.1) is 5.82 Å². The fraction of sp³-hybridized carbons (Fsp3) is 0.217. The summed E-state index contributed by atoms with van der Waals surface area (Å²) < 4.78 is 23.8. The van der Waals surface area contributed by atoms with Gasteiger partial charge in [-0.2, -0.15) is 4.89 Å². The molecule has 1 atom stereocenters. The van der Waals surface area contributed by atoms with Gasteiger partial charge in [0.25, 0.3) is 5.95 Å². The number of nitrogens with one attached hydrogen (secondary N) is 1. The summed E-state index contributed by atoms with van der Waals surface area (Å²) in [5.41, 5.74) is 1.39. The van der Waals surface area contributed by atoms with Crippen molar-refractivity contribution in [3.8, 4) is 0 Å². The summed E-state index contributed by atoms with van der Waals surface area (Å²) in [5, 5.41) is 2.68. The van der Waals surface area contributed by atoms with E-state index in [4.69, 9.17) is 19.2 Å². The van der Waals surface area contributed by atoms with E-state index < -0.39 is 11.6 Å². The molecule has 1 aliphatic carbocycles. The number of halogens is 1. The summed E-state index contributed by atoms with van der Waals surface area (Å²) in [4.78, 5) is 34.7. The molecule has 160 valence electrons. The van der Waals surface area contributed by atoms with Gasteiger partial charge in [0.15, 0.2) is 5.60 Å². The highest BCUT2D eigenvalue weighted by molar-refractivity contribution is 5.81. The summed E-state index contributed by atoms with van der Waals surface area (Å²) in [7, 11) is 0. The second kappa shape index (κ2) is 9.01. The molecule has 0 saturated carbocycles. The lowest BCUT2D eigenvalue weighted by molar-refractivity contribution is -0.311. The molecule has 1 spiro atoms. The van der Waals surface area contributed by atoms with Gasteiger partial charge in [-0.3, -0.25) is 9.59 Å². The molecule has 1 N–H and O–H groups in total. The minimum atomic E-state index is -0.936. The van der Waals surface area contributed by atoms with Gasteiger partial charge in [0.05, 0.1) is 6.42 Å². The van der Waals surface area contributed by atoms with Gasteiger partial charge in [-0.25, -0.2) is 4.39 Å². The van der Waals surface area contributed by atoms with Gasteiger partial charge in [0.1, 0.15) is 18.7 Å². The molecular weight excluding hydrogens is 405 g/mol. The van der Waals surface area contributed by atoms with Crippen LogP contribution in [0.5, 0.6) is 0 Å². The number of benzene rings is 1. The van der Waals surface area contributed by atoms with Crippen LogP contribution in [-0.4, -0.2) is 24.1 Å². The second-order valence-corrected chi connectivity index (χ2v) is 7.07. The van der Waals surface area contributed by atoms with Gasteiger partial charge in [-0.15, -0.1) is 0 Å². The van der Waals surface area contributed by atoms with Gasteiger partial charge < -0.3 is 19.7 Å². The normalized spacial score (nSPS) is 21.1. The Hall–Kier alpha value is -3.65. The zero-order chi connectivity index (χ0) is 21.7. The molecule has 1 unspecified atom stereocenters.